The molecule has 3 aromatic rings. The van der Waals surface area contributed by atoms with Crippen molar-refractivity contribution in [2.45, 2.75) is 13.0 Å². The van der Waals surface area contributed by atoms with Crippen LogP contribution in [0.15, 0.2) is 42.7 Å². The minimum absolute atomic E-state index is 0.125. The van der Waals surface area contributed by atoms with Crippen molar-refractivity contribution in [1.29, 1.82) is 0 Å². The van der Waals surface area contributed by atoms with Gasteiger partial charge >= 0.3 is 0 Å². The molecule has 1 unspecified atom stereocenters. The molecular formula is C16H14ClFN6. The molecule has 0 fully saturated rings. The molecule has 8 heteroatoms. The van der Waals surface area contributed by atoms with E-state index in [1.165, 1.54) is 12.1 Å². The third-order valence-electron chi connectivity index (χ3n) is 3.38. The summed E-state index contributed by atoms with van der Waals surface area (Å²) in [5.41, 5.74) is 7.63. The topological polar surface area (TPSA) is 89.6 Å². The molecule has 24 heavy (non-hydrogen) atoms. The number of nitrogens with zero attached hydrogens (tertiary/aromatic N) is 4. The van der Waals surface area contributed by atoms with Crippen LogP contribution < -0.4 is 11.1 Å². The van der Waals surface area contributed by atoms with Crippen molar-refractivity contribution in [1.82, 2.24) is 19.9 Å². The lowest BCUT2D eigenvalue weighted by atomic mass is 10.1. The first-order valence-corrected chi connectivity index (χ1v) is 7.53. The molecule has 0 saturated carbocycles. The van der Waals surface area contributed by atoms with Crippen molar-refractivity contribution in [3.63, 3.8) is 0 Å². The zero-order valence-corrected chi connectivity index (χ0v) is 13.5. The van der Waals surface area contributed by atoms with Crippen molar-refractivity contribution in [2.24, 2.45) is 0 Å². The molecule has 1 aromatic carbocycles. The first-order valence-electron chi connectivity index (χ1n) is 7.16. The largest absolute Gasteiger partial charge is 0.368 e. The van der Waals surface area contributed by atoms with Crippen molar-refractivity contribution in [3.8, 4) is 11.3 Å². The molecule has 0 aliphatic heterocycles. The maximum atomic E-state index is 13.0. The highest BCUT2D eigenvalue weighted by Gasteiger charge is 2.11. The van der Waals surface area contributed by atoms with Gasteiger partial charge in [0, 0.05) is 24.0 Å². The van der Waals surface area contributed by atoms with E-state index in [2.05, 4.69) is 25.3 Å². The number of nitrogen functional groups attached to an aromatic ring is 1. The Morgan fingerprint density at radius 1 is 1.12 bits per heavy atom. The van der Waals surface area contributed by atoms with Gasteiger partial charge in [-0.05, 0) is 24.6 Å². The van der Waals surface area contributed by atoms with E-state index in [0.717, 1.165) is 5.56 Å². The fourth-order valence-corrected chi connectivity index (χ4v) is 2.31. The molecule has 0 spiro atoms. The molecule has 0 aliphatic carbocycles. The molecule has 2 aromatic heterocycles. The zero-order valence-electron chi connectivity index (χ0n) is 12.7. The summed E-state index contributed by atoms with van der Waals surface area (Å²) in [6, 6.07) is 7.70. The summed E-state index contributed by atoms with van der Waals surface area (Å²) in [5.74, 6) is 0.254. The van der Waals surface area contributed by atoms with E-state index in [1.54, 1.807) is 30.6 Å². The molecule has 3 N–H and O–H groups in total. The van der Waals surface area contributed by atoms with Crippen LogP contribution in [0.3, 0.4) is 0 Å². The van der Waals surface area contributed by atoms with Crippen LogP contribution in [0.5, 0.6) is 0 Å². The van der Waals surface area contributed by atoms with E-state index in [0.29, 0.717) is 17.2 Å². The minimum Gasteiger partial charge on any atom is -0.368 e. The van der Waals surface area contributed by atoms with Crippen LogP contribution in [-0.4, -0.2) is 19.9 Å². The number of nitrogens with one attached hydrogen (secondary N) is 1. The molecule has 6 nitrogen and oxygen atoms in total. The molecule has 2 heterocycles. The predicted octanol–water partition coefficient (Wildman–Crippen LogP) is 3.48. The van der Waals surface area contributed by atoms with Gasteiger partial charge in [0.25, 0.3) is 0 Å². The summed E-state index contributed by atoms with van der Waals surface area (Å²) >= 11 is 6.08. The third-order valence-corrected chi connectivity index (χ3v) is 3.57. The normalized spacial score (nSPS) is 12.0. The summed E-state index contributed by atoms with van der Waals surface area (Å²) in [7, 11) is 0. The lowest BCUT2D eigenvalue weighted by molar-refractivity contribution is 0.626. The van der Waals surface area contributed by atoms with E-state index in [4.69, 9.17) is 17.3 Å². The average molecular weight is 345 g/mol. The Labute approximate surface area is 143 Å². The number of aromatic nitrogens is 4. The van der Waals surface area contributed by atoms with Gasteiger partial charge in [-0.1, -0.05) is 23.7 Å². The lowest BCUT2D eigenvalue weighted by Gasteiger charge is -2.15. The van der Waals surface area contributed by atoms with Gasteiger partial charge in [0.1, 0.15) is 11.0 Å². The van der Waals surface area contributed by atoms with Crippen LogP contribution in [0, 0.1) is 5.82 Å². The minimum atomic E-state index is -0.282. The second-order valence-electron chi connectivity index (χ2n) is 5.15. The van der Waals surface area contributed by atoms with E-state index in [9.17, 15) is 4.39 Å². The Morgan fingerprint density at radius 3 is 2.46 bits per heavy atom. The Kier molecular flexibility index (Phi) is 4.52. The van der Waals surface area contributed by atoms with E-state index in [1.807, 2.05) is 6.92 Å². The monoisotopic (exact) mass is 344 g/mol. The second kappa shape index (κ2) is 6.76. The van der Waals surface area contributed by atoms with Gasteiger partial charge in [-0.3, -0.25) is 0 Å². The van der Waals surface area contributed by atoms with Crippen LogP contribution >= 0.6 is 11.6 Å². The van der Waals surface area contributed by atoms with E-state index in [-0.39, 0.29) is 23.0 Å². The number of nitrogens with two attached hydrogens (primary N) is 1. The number of rotatable bonds is 4. The van der Waals surface area contributed by atoms with Gasteiger partial charge in [0.05, 0.1) is 11.7 Å². The van der Waals surface area contributed by atoms with Gasteiger partial charge < -0.3 is 11.1 Å². The standard InChI is InChI=1S/C16H14ClFN6/c1-9(10-2-4-12(18)5-3-10)22-16-23-13(6-14(17)24-16)11-7-20-15(19)21-8-11/h2-9H,1H3,(H2,19,20,21)(H,22,23,24). The molecule has 0 bridgehead atoms. The fraction of sp³-hybridized carbons (Fsp3) is 0.125. The first kappa shape index (κ1) is 16.1. The number of hydrogen-bond acceptors (Lipinski definition) is 6. The molecule has 0 aliphatic rings. The molecule has 0 radical (unpaired) electrons. The Morgan fingerprint density at radius 2 is 1.79 bits per heavy atom. The third kappa shape index (κ3) is 3.75. The molecule has 0 saturated heterocycles. The van der Waals surface area contributed by atoms with Gasteiger partial charge in [0.15, 0.2) is 0 Å². The Hall–Kier alpha value is -2.80. The number of benzene rings is 1. The maximum absolute atomic E-state index is 13.0. The van der Waals surface area contributed by atoms with Crippen LogP contribution in [0.1, 0.15) is 18.5 Å². The maximum Gasteiger partial charge on any atom is 0.225 e. The zero-order chi connectivity index (χ0) is 17.1. The number of anilines is 2. The summed E-state index contributed by atoms with van der Waals surface area (Å²) < 4.78 is 13.0. The summed E-state index contributed by atoms with van der Waals surface area (Å²) in [5, 5.41) is 3.43. The fourth-order valence-electron chi connectivity index (χ4n) is 2.13. The SMILES string of the molecule is CC(Nc1nc(Cl)cc(-c2cnc(N)nc2)n1)c1ccc(F)cc1. The van der Waals surface area contributed by atoms with Crippen LogP contribution in [-0.2, 0) is 0 Å². The average Bonchev–Trinajstić information content (AvgIpc) is 2.55. The summed E-state index contributed by atoms with van der Waals surface area (Å²) in [6.07, 6.45) is 3.13. The quantitative estimate of drug-likeness (QED) is 0.704. The van der Waals surface area contributed by atoms with Crippen LogP contribution in [0.2, 0.25) is 5.15 Å². The van der Waals surface area contributed by atoms with Gasteiger partial charge in [-0.15, -0.1) is 0 Å². The Balaban J connectivity index is 1.85. The summed E-state index contributed by atoms with van der Waals surface area (Å²) in [6.45, 7) is 1.92. The van der Waals surface area contributed by atoms with Crippen molar-refractivity contribution in [2.75, 3.05) is 11.1 Å². The smallest absolute Gasteiger partial charge is 0.225 e. The molecular weight excluding hydrogens is 331 g/mol. The highest BCUT2D eigenvalue weighted by atomic mass is 35.5. The van der Waals surface area contributed by atoms with Gasteiger partial charge in [-0.25, -0.2) is 24.3 Å². The van der Waals surface area contributed by atoms with Crippen molar-refractivity contribution >= 4 is 23.5 Å². The van der Waals surface area contributed by atoms with Gasteiger partial charge in [0.2, 0.25) is 11.9 Å². The molecule has 0 amide bonds. The van der Waals surface area contributed by atoms with Crippen molar-refractivity contribution < 1.29 is 4.39 Å². The number of hydrogen-bond donors (Lipinski definition) is 2. The summed E-state index contributed by atoms with van der Waals surface area (Å²) in [4.78, 5) is 16.5. The Bertz CT molecular complexity index is 838. The lowest BCUT2D eigenvalue weighted by Crippen LogP contribution is -2.10. The second-order valence-corrected chi connectivity index (χ2v) is 5.53. The highest BCUT2D eigenvalue weighted by Crippen LogP contribution is 2.23. The van der Waals surface area contributed by atoms with Gasteiger partial charge in [-0.2, -0.15) is 0 Å². The number of halogens is 2. The highest BCUT2D eigenvalue weighted by molar-refractivity contribution is 6.29. The van der Waals surface area contributed by atoms with Crippen LogP contribution in [0.4, 0.5) is 16.3 Å². The van der Waals surface area contributed by atoms with Crippen molar-refractivity contribution in [3.05, 3.63) is 59.3 Å². The first-order chi connectivity index (χ1) is 11.5. The molecule has 122 valence electrons. The van der Waals surface area contributed by atoms with E-state index >= 15 is 0 Å². The predicted molar refractivity (Wildman–Crippen MR) is 90.9 cm³/mol. The molecule has 1 atom stereocenters. The molecule has 3 rings (SSSR count). The van der Waals surface area contributed by atoms with E-state index < -0.39 is 0 Å². The van der Waals surface area contributed by atoms with Crippen LogP contribution in [0.25, 0.3) is 11.3 Å².